The zero-order valence-corrected chi connectivity index (χ0v) is 7.34. The molecular formula is C8H8ClNO2. The minimum atomic E-state index is -0.394. The summed E-state index contributed by atoms with van der Waals surface area (Å²) >= 11 is 5.68. The molecular weight excluding hydrogens is 178 g/mol. The number of nitro benzene ring substituents is 1. The molecule has 1 aromatic rings. The first-order chi connectivity index (χ1) is 5.65. The smallest absolute Gasteiger partial charge is 0.258 e. The van der Waals surface area contributed by atoms with E-state index in [9.17, 15) is 10.1 Å². The standard InChI is InChI=1S/C8H8ClNO2/c1-2-6-5-7(9)3-4-8(6)10(11)12/h3-5H,2H2,1H3. The van der Waals surface area contributed by atoms with Crippen molar-refractivity contribution in [2.45, 2.75) is 13.3 Å². The normalized spacial score (nSPS) is 9.83. The molecule has 0 heterocycles. The molecule has 0 aliphatic rings. The van der Waals surface area contributed by atoms with Gasteiger partial charge in [-0.15, -0.1) is 0 Å². The Labute approximate surface area is 75.1 Å². The molecule has 64 valence electrons. The van der Waals surface area contributed by atoms with Gasteiger partial charge in [0.25, 0.3) is 5.69 Å². The van der Waals surface area contributed by atoms with Crippen LogP contribution in [0.3, 0.4) is 0 Å². The van der Waals surface area contributed by atoms with Gasteiger partial charge >= 0.3 is 0 Å². The zero-order chi connectivity index (χ0) is 9.14. The van der Waals surface area contributed by atoms with E-state index < -0.39 is 4.92 Å². The van der Waals surface area contributed by atoms with Crippen LogP contribution in [0, 0.1) is 10.1 Å². The number of nitrogens with zero attached hydrogens (tertiary/aromatic N) is 1. The summed E-state index contributed by atoms with van der Waals surface area (Å²) in [4.78, 5) is 10.1. The number of hydrogen-bond donors (Lipinski definition) is 0. The van der Waals surface area contributed by atoms with E-state index in [-0.39, 0.29) is 5.69 Å². The fraction of sp³-hybridized carbons (Fsp3) is 0.250. The van der Waals surface area contributed by atoms with Gasteiger partial charge in [0.2, 0.25) is 0 Å². The predicted molar refractivity (Wildman–Crippen MR) is 47.5 cm³/mol. The number of aryl methyl sites for hydroxylation is 1. The number of rotatable bonds is 2. The molecule has 1 aromatic carbocycles. The molecule has 0 amide bonds. The lowest BCUT2D eigenvalue weighted by atomic mass is 10.1. The Hall–Kier alpha value is -1.09. The van der Waals surface area contributed by atoms with E-state index in [0.29, 0.717) is 17.0 Å². The highest BCUT2D eigenvalue weighted by Gasteiger charge is 2.11. The summed E-state index contributed by atoms with van der Waals surface area (Å²) in [5.74, 6) is 0. The minimum Gasteiger partial charge on any atom is -0.258 e. The molecule has 0 saturated heterocycles. The van der Waals surface area contributed by atoms with Crippen molar-refractivity contribution in [3.05, 3.63) is 38.9 Å². The first-order valence-corrected chi connectivity index (χ1v) is 3.95. The highest BCUT2D eigenvalue weighted by Crippen LogP contribution is 2.22. The zero-order valence-electron chi connectivity index (χ0n) is 6.58. The van der Waals surface area contributed by atoms with Gasteiger partial charge in [-0.25, -0.2) is 0 Å². The van der Waals surface area contributed by atoms with Gasteiger partial charge in [-0.1, -0.05) is 18.5 Å². The second-order valence-corrected chi connectivity index (χ2v) is 2.82. The Bertz CT molecular complexity index is 312. The average molecular weight is 186 g/mol. The summed E-state index contributed by atoms with van der Waals surface area (Å²) in [6.07, 6.45) is 0.622. The second-order valence-electron chi connectivity index (χ2n) is 2.38. The molecule has 3 nitrogen and oxygen atoms in total. The van der Waals surface area contributed by atoms with Gasteiger partial charge in [0.15, 0.2) is 0 Å². The highest BCUT2D eigenvalue weighted by atomic mass is 35.5. The van der Waals surface area contributed by atoms with Gasteiger partial charge in [0.05, 0.1) is 4.92 Å². The third kappa shape index (κ3) is 1.74. The van der Waals surface area contributed by atoms with Gasteiger partial charge < -0.3 is 0 Å². The molecule has 0 saturated carbocycles. The Morgan fingerprint density at radius 2 is 2.25 bits per heavy atom. The molecule has 0 radical (unpaired) electrons. The van der Waals surface area contributed by atoms with Crippen LogP contribution in [0.5, 0.6) is 0 Å². The van der Waals surface area contributed by atoms with E-state index in [1.165, 1.54) is 12.1 Å². The van der Waals surface area contributed by atoms with Crippen molar-refractivity contribution in [2.75, 3.05) is 0 Å². The van der Waals surface area contributed by atoms with Crippen LogP contribution in [0.4, 0.5) is 5.69 Å². The molecule has 0 unspecified atom stereocenters. The van der Waals surface area contributed by atoms with Crippen LogP contribution < -0.4 is 0 Å². The Balaban J connectivity index is 3.20. The van der Waals surface area contributed by atoms with E-state index in [2.05, 4.69) is 0 Å². The molecule has 0 spiro atoms. The first-order valence-electron chi connectivity index (χ1n) is 3.58. The number of hydrogen-bond acceptors (Lipinski definition) is 2. The monoisotopic (exact) mass is 185 g/mol. The Morgan fingerprint density at radius 3 is 2.75 bits per heavy atom. The molecule has 12 heavy (non-hydrogen) atoms. The average Bonchev–Trinajstić information content (AvgIpc) is 2.03. The number of halogens is 1. The fourth-order valence-corrected chi connectivity index (χ4v) is 1.21. The van der Waals surface area contributed by atoms with Crippen LogP contribution in [-0.2, 0) is 6.42 Å². The third-order valence-electron chi connectivity index (χ3n) is 1.62. The second kappa shape index (κ2) is 3.54. The summed E-state index contributed by atoms with van der Waals surface area (Å²) < 4.78 is 0. The molecule has 0 atom stereocenters. The summed E-state index contributed by atoms with van der Waals surface area (Å²) in [6, 6.07) is 4.58. The van der Waals surface area contributed by atoms with Gasteiger partial charge in [0.1, 0.15) is 0 Å². The maximum Gasteiger partial charge on any atom is 0.272 e. The summed E-state index contributed by atoms with van der Waals surface area (Å²) in [7, 11) is 0. The molecule has 1 rings (SSSR count). The lowest BCUT2D eigenvalue weighted by molar-refractivity contribution is -0.385. The van der Waals surface area contributed by atoms with Crippen molar-refractivity contribution in [3.63, 3.8) is 0 Å². The van der Waals surface area contributed by atoms with E-state index >= 15 is 0 Å². The molecule has 0 N–H and O–H groups in total. The van der Waals surface area contributed by atoms with E-state index in [1.54, 1.807) is 6.07 Å². The summed E-state index contributed by atoms with van der Waals surface area (Å²) in [6.45, 7) is 1.86. The maximum atomic E-state index is 10.5. The number of benzene rings is 1. The van der Waals surface area contributed by atoms with Crippen LogP contribution in [0.2, 0.25) is 5.02 Å². The van der Waals surface area contributed by atoms with Gasteiger partial charge in [-0.3, -0.25) is 10.1 Å². The molecule has 0 aliphatic carbocycles. The number of nitro groups is 1. The van der Waals surface area contributed by atoms with Crippen LogP contribution in [0.25, 0.3) is 0 Å². The van der Waals surface area contributed by atoms with Crippen molar-refractivity contribution in [3.8, 4) is 0 Å². The minimum absolute atomic E-state index is 0.141. The van der Waals surface area contributed by atoms with Crippen LogP contribution in [-0.4, -0.2) is 4.92 Å². The summed E-state index contributed by atoms with van der Waals surface area (Å²) in [5.41, 5.74) is 0.814. The van der Waals surface area contributed by atoms with Crippen molar-refractivity contribution in [1.29, 1.82) is 0 Å². The first kappa shape index (κ1) is 9.00. The van der Waals surface area contributed by atoms with E-state index in [0.717, 1.165) is 0 Å². The summed E-state index contributed by atoms with van der Waals surface area (Å²) in [5, 5.41) is 11.0. The molecule has 0 bridgehead atoms. The fourth-order valence-electron chi connectivity index (χ4n) is 1.02. The SMILES string of the molecule is CCc1cc(Cl)ccc1[N+](=O)[O-]. The lowest BCUT2D eigenvalue weighted by Crippen LogP contribution is -1.93. The quantitative estimate of drug-likeness (QED) is 0.525. The Kier molecular flexibility index (Phi) is 2.65. The van der Waals surface area contributed by atoms with Crippen molar-refractivity contribution in [1.82, 2.24) is 0 Å². The largest absolute Gasteiger partial charge is 0.272 e. The molecule has 0 fully saturated rings. The van der Waals surface area contributed by atoms with Crippen LogP contribution >= 0.6 is 11.6 Å². The van der Waals surface area contributed by atoms with Crippen LogP contribution in [0.15, 0.2) is 18.2 Å². The van der Waals surface area contributed by atoms with Crippen molar-refractivity contribution in [2.24, 2.45) is 0 Å². The van der Waals surface area contributed by atoms with Crippen LogP contribution in [0.1, 0.15) is 12.5 Å². The lowest BCUT2D eigenvalue weighted by Gasteiger charge is -1.98. The Morgan fingerprint density at radius 1 is 1.58 bits per heavy atom. The molecule has 4 heteroatoms. The van der Waals surface area contributed by atoms with E-state index in [4.69, 9.17) is 11.6 Å². The van der Waals surface area contributed by atoms with Crippen molar-refractivity contribution < 1.29 is 4.92 Å². The topological polar surface area (TPSA) is 43.1 Å². The van der Waals surface area contributed by atoms with Gasteiger partial charge in [0, 0.05) is 16.7 Å². The third-order valence-corrected chi connectivity index (χ3v) is 1.85. The van der Waals surface area contributed by atoms with E-state index in [1.807, 2.05) is 6.92 Å². The van der Waals surface area contributed by atoms with Crippen molar-refractivity contribution >= 4 is 17.3 Å². The predicted octanol–water partition coefficient (Wildman–Crippen LogP) is 2.81. The molecule has 0 aromatic heterocycles. The maximum absolute atomic E-state index is 10.5. The highest BCUT2D eigenvalue weighted by molar-refractivity contribution is 6.30. The van der Waals surface area contributed by atoms with Gasteiger partial charge in [-0.05, 0) is 18.6 Å². The van der Waals surface area contributed by atoms with Gasteiger partial charge in [-0.2, -0.15) is 0 Å². The molecule has 0 aliphatic heterocycles.